The van der Waals surface area contributed by atoms with Crippen molar-refractivity contribution < 1.29 is 41.3 Å². The molecule has 1 aliphatic carbocycles. The Morgan fingerprint density at radius 1 is 0.877 bits per heavy atom. The van der Waals surface area contributed by atoms with Crippen LogP contribution < -0.4 is 10.2 Å². The summed E-state index contributed by atoms with van der Waals surface area (Å²) >= 11 is 13.7. The largest absolute Gasteiger partial charge is 0.456 e. The van der Waals surface area contributed by atoms with Crippen molar-refractivity contribution in [3.05, 3.63) is 182 Å². The molecule has 15 nitrogen and oxygen atoms in total. The zero-order valence-electron chi connectivity index (χ0n) is 33.4. The van der Waals surface area contributed by atoms with Crippen molar-refractivity contribution in [2.75, 3.05) is 0 Å². The van der Waals surface area contributed by atoms with E-state index in [-0.39, 0.29) is 68.2 Å². The molecule has 0 bridgehead atoms. The fourth-order valence-corrected chi connectivity index (χ4v) is 9.19. The van der Waals surface area contributed by atoms with E-state index in [0.717, 1.165) is 12.1 Å². The summed E-state index contributed by atoms with van der Waals surface area (Å²) in [4.78, 5) is 77.3. The first kappa shape index (κ1) is 44.0. The minimum Gasteiger partial charge on any atom is -0.456 e. The number of hydrogen-bond acceptors (Lipinski definition) is 13. The lowest BCUT2D eigenvalue weighted by molar-refractivity contribution is -0.172. The first-order chi connectivity index (χ1) is 31.2. The molecular formula is C47H30Cl2N4O11S. The lowest BCUT2D eigenvalue weighted by atomic mass is 9.89. The van der Waals surface area contributed by atoms with Gasteiger partial charge in [0.2, 0.25) is 0 Å². The van der Waals surface area contributed by atoms with Crippen LogP contribution in [0.1, 0.15) is 39.9 Å². The minimum atomic E-state index is -5.48. The number of amides is 2. The maximum absolute atomic E-state index is 13.8. The highest BCUT2D eigenvalue weighted by Gasteiger charge is 2.41. The number of fused-ring (bicyclic) bond motifs is 2. The molecule has 0 saturated carbocycles. The van der Waals surface area contributed by atoms with Crippen molar-refractivity contribution in [1.29, 1.82) is 0 Å². The number of pyridine rings is 1. The number of rotatable bonds is 13. The van der Waals surface area contributed by atoms with E-state index in [1.165, 1.54) is 42.9 Å². The van der Waals surface area contributed by atoms with Crippen LogP contribution in [0.3, 0.4) is 0 Å². The Morgan fingerprint density at radius 2 is 1.54 bits per heavy atom. The number of imide groups is 1. The molecule has 1 fully saturated rings. The fourth-order valence-electron chi connectivity index (χ4n) is 7.52. The van der Waals surface area contributed by atoms with E-state index in [9.17, 15) is 37.1 Å². The van der Waals surface area contributed by atoms with Gasteiger partial charge in [0.25, 0.3) is 27.7 Å². The van der Waals surface area contributed by atoms with Crippen LogP contribution in [0.2, 0.25) is 10.0 Å². The van der Waals surface area contributed by atoms with Crippen LogP contribution >= 0.6 is 23.2 Å². The van der Waals surface area contributed by atoms with Gasteiger partial charge in [0, 0.05) is 99.0 Å². The summed E-state index contributed by atoms with van der Waals surface area (Å²) in [6, 6.07) is 26.7. The van der Waals surface area contributed by atoms with Crippen LogP contribution in [-0.2, 0) is 30.3 Å². The molecule has 18 heteroatoms. The van der Waals surface area contributed by atoms with Gasteiger partial charge >= 0.3 is 5.97 Å². The summed E-state index contributed by atoms with van der Waals surface area (Å²) in [5.74, 6) is -3.26. The Hall–Kier alpha value is -7.63. The van der Waals surface area contributed by atoms with Gasteiger partial charge in [-0.3, -0.25) is 28.9 Å². The van der Waals surface area contributed by atoms with Gasteiger partial charge in [-0.1, -0.05) is 103 Å². The number of nitrogens with zero attached hydrogens (tertiary/aromatic N) is 4. The summed E-state index contributed by atoms with van der Waals surface area (Å²) in [5, 5.41) is 2.45. The zero-order chi connectivity index (χ0) is 46.2. The third kappa shape index (κ3) is 7.99. The van der Waals surface area contributed by atoms with Gasteiger partial charge in [0.15, 0.2) is 5.43 Å². The third-order valence-electron chi connectivity index (χ3n) is 10.5. The molecule has 2 amide bonds. The minimum absolute atomic E-state index is 0.00277. The summed E-state index contributed by atoms with van der Waals surface area (Å²) in [6.45, 7) is 7.25. The van der Waals surface area contributed by atoms with Crippen LogP contribution in [-0.4, -0.2) is 47.5 Å². The predicted octanol–water partition coefficient (Wildman–Crippen LogP) is 9.68. The Bertz CT molecular complexity index is 3250. The number of carbonyl (C=O) groups is 3. The molecule has 1 N–H and O–H groups in total. The second kappa shape index (κ2) is 17.5. The van der Waals surface area contributed by atoms with Gasteiger partial charge in [0.05, 0.1) is 15.6 Å². The topological polar surface area (TPSA) is 212 Å². The van der Waals surface area contributed by atoms with Gasteiger partial charge in [-0.15, -0.1) is 9.97 Å². The van der Waals surface area contributed by atoms with Crippen molar-refractivity contribution in [3.8, 4) is 39.3 Å². The number of benzene rings is 5. The van der Waals surface area contributed by atoms with Crippen LogP contribution in [0.15, 0.2) is 159 Å². The van der Waals surface area contributed by atoms with E-state index in [2.05, 4.69) is 28.4 Å². The van der Waals surface area contributed by atoms with E-state index < -0.39 is 65.1 Å². The molecule has 0 atom stereocenters. The number of allylic oxidation sites excluding steroid dienone is 2. The molecule has 1 saturated heterocycles. The number of hydrogen-bond donors (Lipinski definition) is 1. The Labute approximate surface area is 378 Å². The molecule has 3 aliphatic rings. The van der Waals surface area contributed by atoms with Gasteiger partial charge in [-0.05, 0) is 36.2 Å². The second-order valence-electron chi connectivity index (χ2n) is 14.3. The number of hydroxylamine groups is 2. The molecule has 324 valence electrons. The van der Waals surface area contributed by atoms with Crippen molar-refractivity contribution in [2.24, 2.45) is 10.2 Å². The maximum Gasteiger partial charge on any atom is 0.365 e. The highest BCUT2D eigenvalue weighted by atomic mass is 35.5. The lowest BCUT2D eigenvalue weighted by Crippen LogP contribution is -2.32. The van der Waals surface area contributed by atoms with Gasteiger partial charge < -0.3 is 14.0 Å². The Balaban J connectivity index is 1.50. The van der Waals surface area contributed by atoms with E-state index in [4.69, 9.17) is 37.2 Å². The van der Waals surface area contributed by atoms with Crippen molar-refractivity contribution in [2.45, 2.75) is 23.5 Å². The molecular weight excluding hydrogens is 900 g/mol. The summed E-state index contributed by atoms with van der Waals surface area (Å²) in [5.41, 5.74) is -2.39. The van der Waals surface area contributed by atoms with Gasteiger partial charge in [-0.2, -0.15) is 8.42 Å². The number of halogens is 2. The molecule has 3 heterocycles. The molecule has 4 aromatic carbocycles. The standard InChI is InChI=1S/C47H30Cl2N4O11S/c1-3-26(24-50-2)30-19-32-37(22-36(30)54)62-38-23-39(63-47(52-58,28-12-6-4-7-13-28)29-14-8-5-9-15-29)31(27-11-10-18-51-25-27)20-33(38)42(32)43-35(48)21-34(44(49)45(43)65(59,60)61)46(57)64-53-40(55)16-17-41(53)56/h3-15,18-25H,1-2,16-17H2,(H,59,60,61)/b26-24+. The van der Waals surface area contributed by atoms with Crippen molar-refractivity contribution in [3.63, 3.8) is 0 Å². The molecule has 1 aromatic heterocycles. The molecule has 2 aliphatic heterocycles. The van der Waals surface area contributed by atoms with E-state index >= 15 is 0 Å². The first-order valence-electron chi connectivity index (χ1n) is 19.2. The highest BCUT2D eigenvalue weighted by Crippen LogP contribution is 2.51. The summed E-state index contributed by atoms with van der Waals surface area (Å²) in [7, 11) is -5.48. The fraction of sp³-hybridized carbons (Fsp3) is 0.0638. The third-order valence-corrected chi connectivity index (χ3v) is 12.2. The van der Waals surface area contributed by atoms with Crippen LogP contribution in [0.4, 0.5) is 0 Å². The lowest BCUT2D eigenvalue weighted by Gasteiger charge is -2.30. The normalized spacial score (nSPS) is 13.3. The summed E-state index contributed by atoms with van der Waals surface area (Å²) in [6.07, 6.45) is 5.16. The van der Waals surface area contributed by atoms with Crippen LogP contribution in [0.5, 0.6) is 5.75 Å². The van der Waals surface area contributed by atoms with E-state index in [1.807, 2.05) is 0 Å². The molecule has 8 rings (SSSR count). The highest BCUT2D eigenvalue weighted by molar-refractivity contribution is 7.86. The van der Waals surface area contributed by atoms with Crippen LogP contribution in [0.25, 0.3) is 50.1 Å². The van der Waals surface area contributed by atoms with Crippen LogP contribution in [0, 0.1) is 4.91 Å². The van der Waals surface area contributed by atoms with Gasteiger partial charge in [0.1, 0.15) is 22.0 Å². The predicted molar refractivity (Wildman–Crippen MR) is 242 cm³/mol. The van der Waals surface area contributed by atoms with Gasteiger partial charge in [-0.25, -0.2) is 4.79 Å². The molecule has 0 radical (unpaired) electrons. The summed E-state index contributed by atoms with van der Waals surface area (Å²) < 4.78 is 51.4. The number of ether oxygens (including phenoxy) is 1. The van der Waals surface area contributed by atoms with E-state index in [0.29, 0.717) is 16.7 Å². The zero-order valence-corrected chi connectivity index (χ0v) is 35.8. The number of aliphatic imine (C=N–C) groups is 1. The molecule has 5 aromatic rings. The van der Waals surface area contributed by atoms with Crippen molar-refractivity contribution in [1.82, 2.24) is 10.0 Å². The molecule has 0 unspecified atom stereocenters. The average molecular weight is 930 g/mol. The number of nitroso groups, excluding NO2 is 1. The first-order valence-corrected chi connectivity index (χ1v) is 21.4. The molecule has 65 heavy (non-hydrogen) atoms. The number of aromatic nitrogens is 1. The monoisotopic (exact) mass is 928 g/mol. The number of carbonyl (C=O) groups excluding carboxylic acids is 3. The SMILES string of the molecule is C=C/C(=C\N=C)c1cc2c(-c3c(Cl)cc(C(=O)ON4C(=O)CCC4=O)c(Cl)c3S(=O)(=O)O)c3cc(-c4cccnc4)c(OC(N=O)(c4ccccc4)c4ccccc4)cc3oc-2cc1=O. The maximum atomic E-state index is 13.8. The Morgan fingerprint density at radius 3 is 2.11 bits per heavy atom. The quantitative estimate of drug-likeness (QED) is 0.0286. The second-order valence-corrected chi connectivity index (χ2v) is 16.5. The smallest absolute Gasteiger partial charge is 0.365 e. The van der Waals surface area contributed by atoms with E-state index in [1.54, 1.807) is 72.8 Å². The van der Waals surface area contributed by atoms with Crippen molar-refractivity contribution >= 4 is 74.4 Å². The molecule has 0 spiro atoms. The Kier molecular flexibility index (Phi) is 11.8. The average Bonchev–Trinajstić information content (AvgIpc) is 3.62.